The second kappa shape index (κ2) is 57.4. The molecule has 0 aliphatic carbocycles. The van der Waals surface area contributed by atoms with Crippen molar-refractivity contribution in [1.29, 1.82) is 0 Å². The van der Waals surface area contributed by atoms with E-state index < -0.39 is 57.8 Å². The standard InChI is InChI=1S/C62H119O11P/c1-4-7-10-13-16-19-22-25-27-28-29-30-32-35-38-41-44-47-50-53-62(66)73-59(55-69-60(64)51-48-45-42-39-36-34-31-26-23-20-17-14-11-8-5-2)57-71-74(67,68)70-56-58(54-63)72-61(65)52-49-46-43-40-37-33-24-21-18-15-12-9-6-3/h25,27,58-59,63H,4-24,26,28-57H2,1-3H3,(H,67,68)/b27-25-. The maximum Gasteiger partial charge on any atom is 0.472 e. The van der Waals surface area contributed by atoms with E-state index in [0.29, 0.717) is 19.3 Å². The number of unbranched alkanes of at least 4 members (excludes halogenated alkanes) is 41. The predicted molar refractivity (Wildman–Crippen MR) is 307 cm³/mol. The second-order valence-corrected chi connectivity index (χ2v) is 23.0. The Labute approximate surface area is 456 Å². The van der Waals surface area contributed by atoms with Crippen LogP contribution >= 0.6 is 7.82 Å². The lowest BCUT2D eigenvalue weighted by atomic mass is 10.0. The molecule has 0 saturated carbocycles. The van der Waals surface area contributed by atoms with E-state index in [1.807, 2.05) is 0 Å². The van der Waals surface area contributed by atoms with Crippen LogP contribution in [0.15, 0.2) is 12.2 Å². The number of phosphoric ester groups is 1. The Balaban J connectivity index is 4.65. The van der Waals surface area contributed by atoms with Gasteiger partial charge in [0.2, 0.25) is 0 Å². The average molecular weight is 1070 g/mol. The molecular weight excluding hydrogens is 952 g/mol. The summed E-state index contributed by atoms with van der Waals surface area (Å²) in [5.41, 5.74) is 0. The van der Waals surface area contributed by atoms with Crippen LogP contribution in [0.4, 0.5) is 0 Å². The van der Waals surface area contributed by atoms with Gasteiger partial charge in [0.25, 0.3) is 0 Å². The highest BCUT2D eigenvalue weighted by atomic mass is 31.2. The smallest absolute Gasteiger partial charge is 0.462 e. The van der Waals surface area contributed by atoms with Gasteiger partial charge in [-0.25, -0.2) is 4.57 Å². The van der Waals surface area contributed by atoms with Crippen LogP contribution in [0.5, 0.6) is 0 Å². The maximum atomic E-state index is 12.9. The number of ether oxygens (including phenoxy) is 3. The van der Waals surface area contributed by atoms with Gasteiger partial charge in [0.05, 0.1) is 19.8 Å². The van der Waals surface area contributed by atoms with E-state index in [9.17, 15) is 28.9 Å². The molecule has 0 amide bonds. The van der Waals surface area contributed by atoms with Gasteiger partial charge in [0, 0.05) is 19.3 Å². The summed E-state index contributed by atoms with van der Waals surface area (Å²) in [6.45, 7) is 4.72. The fourth-order valence-electron chi connectivity index (χ4n) is 9.35. The summed E-state index contributed by atoms with van der Waals surface area (Å²) in [7, 11) is -4.74. The van der Waals surface area contributed by atoms with E-state index in [2.05, 4.69) is 32.9 Å². The summed E-state index contributed by atoms with van der Waals surface area (Å²) in [6.07, 6.45) is 57.3. The Morgan fingerprint density at radius 3 is 0.932 bits per heavy atom. The minimum absolute atomic E-state index is 0.173. The van der Waals surface area contributed by atoms with Crippen LogP contribution < -0.4 is 0 Å². The first-order chi connectivity index (χ1) is 36.2. The minimum Gasteiger partial charge on any atom is -0.462 e. The van der Waals surface area contributed by atoms with Crippen molar-refractivity contribution in [3.63, 3.8) is 0 Å². The molecule has 0 radical (unpaired) electrons. The molecule has 2 N–H and O–H groups in total. The predicted octanol–water partition coefficient (Wildman–Crippen LogP) is 18.8. The number of carbonyl (C=O) groups is 3. The van der Waals surface area contributed by atoms with Crippen molar-refractivity contribution < 1.29 is 52.2 Å². The number of hydrogen-bond donors (Lipinski definition) is 2. The van der Waals surface area contributed by atoms with Gasteiger partial charge in [0.15, 0.2) is 6.10 Å². The lowest BCUT2D eigenvalue weighted by Gasteiger charge is -2.21. The van der Waals surface area contributed by atoms with Crippen molar-refractivity contribution in [3.8, 4) is 0 Å². The number of allylic oxidation sites excluding steroid dienone is 2. The molecular formula is C62H119O11P. The quantitative estimate of drug-likeness (QED) is 0.0197. The SMILES string of the molecule is CCCCCCCC/C=C\CCCCCCCCCCCC(=O)OC(COC(=O)CCCCCCCCCCCCCCCCC)COP(=O)(O)OCC(CO)OC(=O)CCCCCCCCCCCCCCC. The van der Waals surface area contributed by atoms with Crippen LogP contribution in [0.1, 0.15) is 329 Å². The van der Waals surface area contributed by atoms with Crippen LogP contribution in [0, 0.1) is 0 Å². The third-order valence-electron chi connectivity index (χ3n) is 14.2. The molecule has 3 unspecified atom stereocenters. The summed E-state index contributed by atoms with van der Waals surface area (Å²) in [5, 5.41) is 9.83. The van der Waals surface area contributed by atoms with Crippen LogP contribution in [0.25, 0.3) is 0 Å². The highest BCUT2D eigenvalue weighted by Gasteiger charge is 2.28. The third kappa shape index (κ3) is 55.0. The van der Waals surface area contributed by atoms with E-state index in [-0.39, 0.29) is 25.9 Å². The number of carbonyl (C=O) groups excluding carboxylic acids is 3. The lowest BCUT2D eigenvalue weighted by molar-refractivity contribution is -0.161. The summed E-state index contributed by atoms with van der Waals surface area (Å²) >= 11 is 0. The van der Waals surface area contributed by atoms with E-state index in [1.165, 1.54) is 212 Å². The van der Waals surface area contributed by atoms with Crippen molar-refractivity contribution >= 4 is 25.7 Å². The van der Waals surface area contributed by atoms with Gasteiger partial charge in [-0.3, -0.25) is 23.4 Å². The van der Waals surface area contributed by atoms with Gasteiger partial charge < -0.3 is 24.2 Å². The van der Waals surface area contributed by atoms with E-state index >= 15 is 0 Å². The monoisotopic (exact) mass is 1070 g/mol. The number of hydrogen-bond acceptors (Lipinski definition) is 10. The van der Waals surface area contributed by atoms with E-state index in [0.717, 1.165) is 57.8 Å². The largest absolute Gasteiger partial charge is 0.472 e. The number of esters is 3. The molecule has 0 bridgehead atoms. The molecule has 0 saturated heterocycles. The molecule has 11 nitrogen and oxygen atoms in total. The molecule has 0 fully saturated rings. The summed E-state index contributed by atoms with van der Waals surface area (Å²) < 4.78 is 39.6. The first-order valence-electron chi connectivity index (χ1n) is 31.6. The molecule has 0 spiro atoms. The minimum atomic E-state index is -4.74. The zero-order valence-electron chi connectivity index (χ0n) is 48.6. The van der Waals surface area contributed by atoms with Crippen molar-refractivity contribution in [3.05, 3.63) is 12.2 Å². The average Bonchev–Trinajstić information content (AvgIpc) is 3.39. The van der Waals surface area contributed by atoms with E-state index in [1.54, 1.807) is 0 Å². The van der Waals surface area contributed by atoms with Gasteiger partial charge in [-0.15, -0.1) is 0 Å². The first kappa shape index (κ1) is 72.2. The Morgan fingerprint density at radius 1 is 0.365 bits per heavy atom. The number of aliphatic hydroxyl groups excluding tert-OH is 1. The van der Waals surface area contributed by atoms with Crippen LogP contribution in [-0.4, -0.2) is 66.5 Å². The third-order valence-corrected chi connectivity index (χ3v) is 15.1. The lowest BCUT2D eigenvalue weighted by Crippen LogP contribution is -2.30. The summed E-state index contributed by atoms with van der Waals surface area (Å²) in [5.74, 6) is -1.43. The Kier molecular flexibility index (Phi) is 56.0. The molecule has 0 aliphatic heterocycles. The van der Waals surface area contributed by atoms with Crippen molar-refractivity contribution in [2.45, 2.75) is 341 Å². The van der Waals surface area contributed by atoms with Gasteiger partial charge in [-0.2, -0.15) is 0 Å². The molecule has 12 heteroatoms. The van der Waals surface area contributed by atoms with Crippen LogP contribution in [-0.2, 0) is 42.2 Å². The highest BCUT2D eigenvalue weighted by molar-refractivity contribution is 7.47. The molecule has 438 valence electrons. The van der Waals surface area contributed by atoms with Gasteiger partial charge in [0.1, 0.15) is 12.7 Å². The van der Waals surface area contributed by atoms with Crippen molar-refractivity contribution in [2.75, 3.05) is 26.4 Å². The maximum absolute atomic E-state index is 12.9. The van der Waals surface area contributed by atoms with Gasteiger partial charge in [-0.05, 0) is 44.9 Å². The molecule has 0 heterocycles. The topological polar surface area (TPSA) is 155 Å². The van der Waals surface area contributed by atoms with Crippen molar-refractivity contribution in [1.82, 2.24) is 0 Å². The molecule has 0 aromatic rings. The summed E-state index contributed by atoms with van der Waals surface area (Å²) in [6, 6.07) is 0. The fraction of sp³-hybridized carbons (Fsp3) is 0.919. The highest BCUT2D eigenvalue weighted by Crippen LogP contribution is 2.43. The Bertz CT molecular complexity index is 1290. The zero-order chi connectivity index (χ0) is 54.1. The van der Waals surface area contributed by atoms with Gasteiger partial charge >= 0.3 is 25.7 Å². The van der Waals surface area contributed by atoms with Crippen LogP contribution in [0.2, 0.25) is 0 Å². The second-order valence-electron chi connectivity index (χ2n) is 21.6. The normalized spacial score (nSPS) is 13.3. The number of rotatable bonds is 60. The molecule has 0 aromatic carbocycles. The summed E-state index contributed by atoms with van der Waals surface area (Å²) in [4.78, 5) is 48.6. The molecule has 74 heavy (non-hydrogen) atoms. The molecule has 0 rings (SSSR count). The number of aliphatic hydroxyl groups is 1. The Morgan fingerprint density at radius 2 is 0.622 bits per heavy atom. The number of phosphoric acid groups is 1. The van der Waals surface area contributed by atoms with Crippen molar-refractivity contribution in [2.24, 2.45) is 0 Å². The molecule has 3 atom stereocenters. The zero-order valence-corrected chi connectivity index (χ0v) is 49.5. The van der Waals surface area contributed by atoms with E-state index in [4.69, 9.17) is 23.3 Å². The molecule has 0 aromatic heterocycles. The Hall–Kier alpha value is -1.78. The fourth-order valence-corrected chi connectivity index (χ4v) is 10.1. The van der Waals surface area contributed by atoms with Crippen LogP contribution in [0.3, 0.4) is 0 Å². The first-order valence-corrected chi connectivity index (χ1v) is 33.1. The molecule has 0 aliphatic rings. The van der Waals surface area contributed by atoms with Gasteiger partial charge in [-0.1, -0.05) is 277 Å².